The molecule has 0 aliphatic heterocycles. The zero-order valence-corrected chi connectivity index (χ0v) is 10.8. The fraction of sp³-hybridized carbons (Fsp3) is 0.214. The first-order valence-electron chi connectivity index (χ1n) is 6.16. The summed E-state index contributed by atoms with van der Waals surface area (Å²) in [6.07, 6.45) is 1.69. The maximum atomic E-state index is 5.75. The van der Waals surface area contributed by atoms with Gasteiger partial charge in [-0.2, -0.15) is 0 Å². The van der Waals surface area contributed by atoms with Gasteiger partial charge in [0.25, 0.3) is 0 Å². The first-order chi connectivity index (χ1) is 9.20. The number of imidazole rings is 1. The van der Waals surface area contributed by atoms with Crippen LogP contribution in [0.25, 0.3) is 11.0 Å². The minimum atomic E-state index is 0.731. The molecule has 0 spiro atoms. The van der Waals surface area contributed by atoms with Gasteiger partial charge in [-0.05, 0) is 37.4 Å². The molecule has 2 heterocycles. The van der Waals surface area contributed by atoms with Crippen molar-refractivity contribution in [1.29, 1.82) is 0 Å². The molecule has 0 atom stereocenters. The van der Waals surface area contributed by atoms with Crippen LogP contribution >= 0.6 is 0 Å². The first-order valence-corrected chi connectivity index (χ1v) is 6.16. The smallest absolute Gasteiger partial charge is 0.121 e. The maximum absolute atomic E-state index is 5.75. The maximum Gasteiger partial charge on any atom is 0.121 e. The van der Waals surface area contributed by atoms with Gasteiger partial charge in [0.05, 0.1) is 30.4 Å². The van der Waals surface area contributed by atoms with E-state index in [9.17, 15) is 0 Å². The number of nitrogen functional groups attached to an aromatic ring is 1. The van der Waals surface area contributed by atoms with Crippen LogP contribution in [0.3, 0.4) is 0 Å². The highest BCUT2D eigenvalue weighted by molar-refractivity contribution is 5.78. The molecule has 5 heteroatoms. The molecule has 98 valence electrons. The van der Waals surface area contributed by atoms with Gasteiger partial charge in [0.15, 0.2) is 0 Å². The summed E-state index contributed by atoms with van der Waals surface area (Å²) >= 11 is 0. The fourth-order valence-corrected chi connectivity index (χ4v) is 2.14. The Hall–Kier alpha value is -2.27. The fourth-order valence-electron chi connectivity index (χ4n) is 2.14. The van der Waals surface area contributed by atoms with Gasteiger partial charge in [0.2, 0.25) is 0 Å². The molecule has 3 N–H and O–H groups in total. The largest absolute Gasteiger partial charge is 0.468 e. The second-order valence-corrected chi connectivity index (χ2v) is 4.71. The highest BCUT2D eigenvalue weighted by Crippen LogP contribution is 2.16. The molecule has 0 aliphatic rings. The Balaban J connectivity index is 1.74. The van der Waals surface area contributed by atoms with E-state index in [0.717, 1.165) is 41.4 Å². The Labute approximate surface area is 111 Å². The summed E-state index contributed by atoms with van der Waals surface area (Å²) in [6.45, 7) is 1.49. The summed E-state index contributed by atoms with van der Waals surface area (Å²) in [5.41, 5.74) is 8.41. The molecule has 0 fully saturated rings. The summed E-state index contributed by atoms with van der Waals surface area (Å²) in [4.78, 5) is 9.96. The van der Waals surface area contributed by atoms with Crippen LogP contribution in [0, 0.1) is 0 Å². The second kappa shape index (κ2) is 4.78. The number of benzene rings is 1. The lowest BCUT2D eigenvalue weighted by molar-refractivity contribution is 0.282. The van der Waals surface area contributed by atoms with E-state index in [2.05, 4.69) is 14.9 Å². The molecule has 19 heavy (non-hydrogen) atoms. The van der Waals surface area contributed by atoms with Crippen LogP contribution in [0.4, 0.5) is 5.69 Å². The van der Waals surface area contributed by atoms with Crippen molar-refractivity contribution in [3.63, 3.8) is 0 Å². The summed E-state index contributed by atoms with van der Waals surface area (Å²) in [5.74, 6) is 1.87. The summed E-state index contributed by atoms with van der Waals surface area (Å²) < 4.78 is 5.33. The third kappa shape index (κ3) is 2.61. The van der Waals surface area contributed by atoms with Crippen molar-refractivity contribution in [2.45, 2.75) is 13.1 Å². The van der Waals surface area contributed by atoms with Crippen LogP contribution in [0.1, 0.15) is 11.6 Å². The molecule has 0 saturated heterocycles. The van der Waals surface area contributed by atoms with E-state index < -0.39 is 0 Å². The molecule has 0 saturated carbocycles. The lowest BCUT2D eigenvalue weighted by atomic mass is 10.3. The van der Waals surface area contributed by atoms with E-state index in [1.54, 1.807) is 6.26 Å². The van der Waals surface area contributed by atoms with Crippen molar-refractivity contribution in [3.8, 4) is 0 Å². The third-order valence-corrected chi connectivity index (χ3v) is 2.98. The number of hydrogen-bond donors (Lipinski definition) is 2. The Morgan fingerprint density at radius 1 is 1.32 bits per heavy atom. The SMILES string of the molecule is CN(Cc1nc2ccc(N)cc2[nH]1)Cc1ccco1. The van der Waals surface area contributed by atoms with Crippen LogP contribution in [0.15, 0.2) is 41.0 Å². The normalized spacial score (nSPS) is 11.5. The lowest BCUT2D eigenvalue weighted by Crippen LogP contribution is -2.17. The van der Waals surface area contributed by atoms with E-state index in [4.69, 9.17) is 10.2 Å². The molecule has 5 nitrogen and oxygen atoms in total. The topological polar surface area (TPSA) is 71.1 Å². The Morgan fingerprint density at radius 2 is 2.21 bits per heavy atom. The van der Waals surface area contributed by atoms with E-state index in [-0.39, 0.29) is 0 Å². The van der Waals surface area contributed by atoms with Crippen molar-refractivity contribution in [2.75, 3.05) is 12.8 Å². The second-order valence-electron chi connectivity index (χ2n) is 4.71. The minimum absolute atomic E-state index is 0.731. The number of aromatic amines is 1. The Morgan fingerprint density at radius 3 is 3.00 bits per heavy atom. The number of H-pyrrole nitrogens is 1. The van der Waals surface area contributed by atoms with Crippen LogP contribution in [0.2, 0.25) is 0 Å². The number of hydrogen-bond acceptors (Lipinski definition) is 4. The van der Waals surface area contributed by atoms with Crippen molar-refractivity contribution in [3.05, 3.63) is 48.2 Å². The molecule has 0 unspecified atom stereocenters. The van der Waals surface area contributed by atoms with Crippen LogP contribution in [0.5, 0.6) is 0 Å². The lowest BCUT2D eigenvalue weighted by Gasteiger charge is -2.12. The van der Waals surface area contributed by atoms with E-state index in [0.29, 0.717) is 0 Å². The predicted molar refractivity (Wildman–Crippen MR) is 74.4 cm³/mol. The molecule has 1 aromatic carbocycles. The number of nitrogens with zero attached hydrogens (tertiary/aromatic N) is 2. The van der Waals surface area contributed by atoms with Gasteiger partial charge in [-0.15, -0.1) is 0 Å². The highest BCUT2D eigenvalue weighted by atomic mass is 16.3. The van der Waals surface area contributed by atoms with Crippen molar-refractivity contribution in [2.24, 2.45) is 0 Å². The average Bonchev–Trinajstić information content (AvgIpc) is 2.97. The average molecular weight is 256 g/mol. The predicted octanol–water partition coefficient (Wildman–Crippen LogP) is 2.37. The standard InChI is InChI=1S/C14H16N4O/c1-18(8-11-3-2-6-19-11)9-14-16-12-5-4-10(15)7-13(12)17-14/h2-7H,8-9,15H2,1H3,(H,16,17). The summed E-state index contributed by atoms with van der Waals surface area (Å²) in [5, 5.41) is 0. The van der Waals surface area contributed by atoms with Crippen LogP contribution < -0.4 is 5.73 Å². The minimum Gasteiger partial charge on any atom is -0.468 e. The zero-order valence-electron chi connectivity index (χ0n) is 10.8. The van der Waals surface area contributed by atoms with Gasteiger partial charge >= 0.3 is 0 Å². The molecule has 3 aromatic rings. The van der Waals surface area contributed by atoms with Gasteiger partial charge in [-0.25, -0.2) is 4.98 Å². The van der Waals surface area contributed by atoms with Gasteiger partial charge < -0.3 is 15.1 Å². The highest BCUT2D eigenvalue weighted by Gasteiger charge is 2.07. The summed E-state index contributed by atoms with van der Waals surface area (Å²) in [6, 6.07) is 9.55. The van der Waals surface area contributed by atoms with Crippen LogP contribution in [-0.2, 0) is 13.1 Å². The number of aromatic nitrogens is 2. The van der Waals surface area contributed by atoms with E-state index >= 15 is 0 Å². The number of fused-ring (bicyclic) bond motifs is 1. The van der Waals surface area contributed by atoms with Gasteiger partial charge in [0, 0.05) is 5.69 Å². The molecular formula is C14H16N4O. The van der Waals surface area contributed by atoms with Crippen molar-refractivity contribution in [1.82, 2.24) is 14.9 Å². The number of rotatable bonds is 4. The quantitative estimate of drug-likeness (QED) is 0.703. The Kier molecular flexibility index (Phi) is 2.97. The molecular weight excluding hydrogens is 240 g/mol. The molecule has 0 amide bonds. The molecule has 0 radical (unpaired) electrons. The molecule has 3 rings (SSSR count). The molecule has 0 bridgehead atoms. The van der Waals surface area contributed by atoms with Crippen molar-refractivity contribution >= 4 is 16.7 Å². The number of anilines is 1. The van der Waals surface area contributed by atoms with E-state index in [1.807, 2.05) is 37.4 Å². The summed E-state index contributed by atoms with van der Waals surface area (Å²) in [7, 11) is 2.03. The van der Waals surface area contributed by atoms with E-state index in [1.165, 1.54) is 0 Å². The zero-order chi connectivity index (χ0) is 13.2. The van der Waals surface area contributed by atoms with Gasteiger partial charge in [-0.3, -0.25) is 4.90 Å². The first kappa shape index (κ1) is 11.8. The van der Waals surface area contributed by atoms with Gasteiger partial charge in [0.1, 0.15) is 11.6 Å². The molecule has 2 aromatic heterocycles. The Bertz CT molecular complexity index is 672. The monoisotopic (exact) mass is 256 g/mol. The van der Waals surface area contributed by atoms with Gasteiger partial charge in [-0.1, -0.05) is 0 Å². The third-order valence-electron chi connectivity index (χ3n) is 2.98. The number of nitrogens with two attached hydrogens (primary N) is 1. The van der Waals surface area contributed by atoms with Crippen LogP contribution in [-0.4, -0.2) is 21.9 Å². The number of furan rings is 1. The van der Waals surface area contributed by atoms with Crippen molar-refractivity contribution < 1.29 is 4.42 Å². The molecule has 0 aliphatic carbocycles. The number of nitrogens with one attached hydrogen (secondary N) is 1.